The van der Waals surface area contributed by atoms with Gasteiger partial charge in [0.15, 0.2) is 0 Å². The third-order valence-electron chi connectivity index (χ3n) is 5.88. The normalized spacial score (nSPS) is 20.7. The fraction of sp³-hybridized carbons (Fsp3) is 0.318. The minimum Gasteiger partial charge on any atom is -0.481 e. The molecule has 0 aromatic heterocycles. The highest BCUT2D eigenvalue weighted by Gasteiger charge is 2.43. The van der Waals surface area contributed by atoms with Gasteiger partial charge in [-0.2, -0.15) is 0 Å². The second-order valence-electron chi connectivity index (χ2n) is 7.55. The van der Waals surface area contributed by atoms with E-state index < -0.39 is 35.9 Å². The van der Waals surface area contributed by atoms with Gasteiger partial charge in [0.05, 0.1) is 5.92 Å². The molecule has 2 aliphatic rings. The monoisotopic (exact) mass is 395 g/mol. The summed E-state index contributed by atoms with van der Waals surface area (Å²) in [6.45, 7) is 0.0919. The lowest BCUT2D eigenvalue weighted by Gasteiger charge is -2.36. The molecule has 0 radical (unpaired) electrons. The number of benzene rings is 2. The smallest absolute Gasteiger partial charge is 0.407 e. The summed E-state index contributed by atoms with van der Waals surface area (Å²) < 4.78 is 5.38. The molecular weight excluding hydrogens is 374 g/mol. The van der Waals surface area contributed by atoms with Gasteiger partial charge in [-0.25, -0.2) is 9.59 Å². The van der Waals surface area contributed by atoms with E-state index in [4.69, 9.17) is 9.84 Å². The molecule has 3 N–H and O–H groups in total. The van der Waals surface area contributed by atoms with Crippen LogP contribution in [0.4, 0.5) is 4.79 Å². The van der Waals surface area contributed by atoms with Crippen LogP contribution in [-0.2, 0) is 14.3 Å². The molecule has 7 nitrogen and oxygen atoms in total. The van der Waals surface area contributed by atoms with Crippen molar-refractivity contribution in [3.8, 4) is 11.1 Å². The molecule has 7 heteroatoms. The van der Waals surface area contributed by atoms with Crippen LogP contribution in [0.2, 0.25) is 0 Å². The van der Waals surface area contributed by atoms with Crippen LogP contribution in [0, 0.1) is 11.8 Å². The number of carboxylic acids is 2. The molecule has 1 atom stereocenters. The van der Waals surface area contributed by atoms with Gasteiger partial charge in [-0.15, -0.1) is 0 Å². The number of rotatable bonds is 6. The number of alkyl carbamates (subject to hydrolysis) is 1. The number of amides is 1. The van der Waals surface area contributed by atoms with Gasteiger partial charge in [0.1, 0.15) is 12.6 Å². The highest BCUT2D eigenvalue weighted by molar-refractivity contribution is 5.82. The molecule has 4 rings (SSSR count). The molecule has 1 fully saturated rings. The maximum atomic E-state index is 12.3. The van der Waals surface area contributed by atoms with E-state index in [0.717, 1.165) is 22.3 Å². The minimum absolute atomic E-state index is 0.0919. The highest BCUT2D eigenvalue weighted by atomic mass is 16.5. The maximum Gasteiger partial charge on any atom is 0.407 e. The van der Waals surface area contributed by atoms with Crippen molar-refractivity contribution in [3.63, 3.8) is 0 Å². The van der Waals surface area contributed by atoms with E-state index in [1.807, 2.05) is 48.5 Å². The van der Waals surface area contributed by atoms with Crippen molar-refractivity contribution < 1.29 is 29.3 Å². The van der Waals surface area contributed by atoms with E-state index >= 15 is 0 Å². The fourth-order valence-electron chi connectivity index (χ4n) is 4.28. The van der Waals surface area contributed by atoms with E-state index in [0.29, 0.717) is 0 Å². The summed E-state index contributed by atoms with van der Waals surface area (Å²) in [6, 6.07) is 14.7. The van der Waals surface area contributed by atoms with Crippen molar-refractivity contribution in [1.29, 1.82) is 0 Å². The molecule has 0 saturated heterocycles. The van der Waals surface area contributed by atoms with Gasteiger partial charge in [-0.3, -0.25) is 4.79 Å². The summed E-state index contributed by atoms with van der Waals surface area (Å²) in [7, 11) is 0. The Hall–Kier alpha value is -3.35. The van der Waals surface area contributed by atoms with E-state index in [2.05, 4.69) is 5.32 Å². The molecule has 2 aromatic rings. The Kier molecular flexibility index (Phi) is 4.96. The van der Waals surface area contributed by atoms with Crippen LogP contribution in [0.5, 0.6) is 0 Å². The van der Waals surface area contributed by atoms with Crippen LogP contribution in [0.3, 0.4) is 0 Å². The zero-order valence-corrected chi connectivity index (χ0v) is 15.6. The Labute approximate surface area is 167 Å². The number of carbonyl (C=O) groups excluding carboxylic acids is 1. The van der Waals surface area contributed by atoms with Crippen molar-refractivity contribution in [2.24, 2.45) is 11.8 Å². The average Bonchev–Trinajstić information content (AvgIpc) is 2.98. The lowest BCUT2D eigenvalue weighted by Crippen LogP contribution is -2.51. The van der Waals surface area contributed by atoms with Crippen LogP contribution in [0.15, 0.2) is 48.5 Å². The molecule has 150 valence electrons. The van der Waals surface area contributed by atoms with E-state index in [1.54, 1.807) is 0 Å². The Morgan fingerprint density at radius 2 is 1.52 bits per heavy atom. The van der Waals surface area contributed by atoms with Crippen LogP contribution in [0.1, 0.15) is 29.9 Å². The number of nitrogens with one attached hydrogen (secondary N) is 1. The van der Waals surface area contributed by atoms with Crippen molar-refractivity contribution >= 4 is 18.0 Å². The number of aliphatic carboxylic acids is 2. The molecule has 2 aromatic carbocycles. The Bertz CT molecular complexity index is 920. The summed E-state index contributed by atoms with van der Waals surface area (Å²) >= 11 is 0. The zero-order chi connectivity index (χ0) is 20.5. The number of fused-ring (bicyclic) bond motifs is 3. The summed E-state index contributed by atoms with van der Waals surface area (Å²) in [5, 5.41) is 20.8. The third-order valence-corrected chi connectivity index (χ3v) is 5.88. The van der Waals surface area contributed by atoms with Crippen LogP contribution < -0.4 is 5.32 Å². The highest BCUT2D eigenvalue weighted by Crippen LogP contribution is 2.44. The number of carboxylic acid groups (broad SMARTS) is 2. The molecule has 29 heavy (non-hydrogen) atoms. The fourth-order valence-corrected chi connectivity index (χ4v) is 4.28. The van der Waals surface area contributed by atoms with Gasteiger partial charge in [0.2, 0.25) is 0 Å². The molecule has 0 heterocycles. The SMILES string of the molecule is O=C(NC(C(=O)O)C1CC(C(=O)O)C1)OCC1c2ccccc2-c2ccccc21. The standard InChI is InChI=1S/C22H21NO6/c24-20(25)13-9-12(10-13)19(21(26)27)23-22(28)29-11-18-16-7-3-1-5-14(16)15-6-2-4-8-17(15)18/h1-8,12-13,18-19H,9-11H2,(H,23,28)(H,24,25)(H,26,27). The third kappa shape index (κ3) is 3.55. The van der Waals surface area contributed by atoms with E-state index in [1.165, 1.54) is 0 Å². The predicted octanol–water partition coefficient (Wildman–Crippen LogP) is 3.09. The van der Waals surface area contributed by atoms with Crippen molar-refractivity contribution in [2.45, 2.75) is 24.8 Å². The van der Waals surface area contributed by atoms with E-state index in [9.17, 15) is 19.5 Å². The summed E-state index contributed by atoms with van der Waals surface area (Å²) in [4.78, 5) is 34.7. The largest absolute Gasteiger partial charge is 0.481 e. The second kappa shape index (κ2) is 7.58. The Morgan fingerprint density at radius 3 is 2.03 bits per heavy atom. The number of carbonyl (C=O) groups is 3. The molecule has 0 bridgehead atoms. The molecule has 0 aliphatic heterocycles. The van der Waals surface area contributed by atoms with Gasteiger partial charge in [0.25, 0.3) is 0 Å². The van der Waals surface area contributed by atoms with E-state index in [-0.39, 0.29) is 25.4 Å². The molecular formula is C22H21NO6. The molecule has 1 amide bonds. The van der Waals surface area contributed by atoms with Gasteiger partial charge < -0.3 is 20.3 Å². The van der Waals surface area contributed by atoms with Gasteiger partial charge >= 0.3 is 18.0 Å². The summed E-state index contributed by atoms with van der Waals surface area (Å²) in [5.41, 5.74) is 4.35. The minimum atomic E-state index is -1.19. The summed E-state index contributed by atoms with van der Waals surface area (Å²) in [6.07, 6.45) is -0.343. The Balaban J connectivity index is 1.41. The lowest BCUT2D eigenvalue weighted by atomic mass is 9.71. The average molecular weight is 395 g/mol. The maximum absolute atomic E-state index is 12.3. The van der Waals surface area contributed by atoms with Crippen LogP contribution >= 0.6 is 0 Å². The van der Waals surface area contributed by atoms with Gasteiger partial charge in [-0.1, -0.05) is 48.5 Å². The summed E-state index contributed by atoms with van der Waals surface area (Å²) in [5.74, 6) is -3.20. The van der Waals surface area contributed by atoms with Crippen molar-refractivity contribution in [1.82, 2.24) is 5.32 Å². The first-order chi connectivity index (χ1) is 14.0. The lowest BCUT2D eigenvalue weighted by molar-refractivity contribution is -0.151. The number of hydrogen-bond acceptors (Lipinski definition) is 4. The topological polar surface area (TPSA) is 113 Å². The predicted molar refractivity (Wildman–Crippen MR) is 103 cm³/mol. The zero-order valence-electron chi connectivity index (χ0n) is 15.6. The van der Waals surface area contributed by atoms with Crippen LogP contribution in [0.25, 0.3) is 11.1 Å². The first-order valence-corrected chi connectivity index (χ1v) is 9.53. The number of ether oxygens (including phenoxy) is 1. The number of hydrogen-bond donors (Lipinski definition) is 3. The first kappa shape index (κ1) is 19.0. The van der Waals surface area contributed by atoms with Crippen LogP contribution in [-0.4, -0.2) is 40.9 Å². The van der Waals surface area contributed by atoms with Crippen molar-refractivity contribution in [3.05, 3.63) is 59.7 Å². The molecule has 1 unspecified atom stereocenters. The van der Waals surface area contributed by atoms with Gasteiger partial charge in [0, 0.05) is 5.92 Å². The molecule has 1 saturated carbocycles. The Morgan fingerprint density at radius 1 is 0.966 bits per heavy atom. The quantitative estimate of drug-likeness (QED) is 0.693. The first-order valence-electron chi connectivity index (χ1n) is 9.53. The van der Waals surface area contributed by atoms with Gasteiger partial charge in [-0.05, 0) is 41.0 Å². The molecule has 2 aliphatic carbocycles. The molecule has 0 spiro atoms. The second-order valence-corrected chi connectivity index (χ2v) is 7.55. The van der Waals surface area contributed by atoms with Crippen molar-refractivity contribution in [2.75, 3.05) is 6.61 Å².